The lowest BCUT2D eigenvalue weighted by molar-refractivity contribution is -0.0174. The number of aliphatic hydroxyl groups excluding tert-OH is 1. The van der Waals surface area contributed by atoms with Gasteiger partial charge in [-0.25, -0.2) is 0 Å². The highest BCUT2D eigenvalue weighted by atomic mass is 16.5. The minimum Gasteiger partial charge on any atom is -0.395 e. The summed E-state index contributed by atoms with van der Waals surface area (Å²) in [6, 6.07) is 0.532. The minimum absolute atomic E-state index is 0.269. The first-order valence-corrected chi connectivity index (χ1v) is 8.24. The van der Waals surface area contributed by atoms with Crippen LogP contribution in [0.3, 0.4) is 0 Å². The Balaban J connectivity index is 2.24. The van der Waals surface area contributed by atoms with Crippen molar-refractivity contribution in [2.75, 3.05) is 32.9 Å². The fraction of sp³-hybridized carbons (Fsp3) is 1.00. The van der Waals surface area contributed by atoms with Crippen LogP contribution < -0.4 is 0 Å². The maximum atomic E-state index is 9.11. The molecule has 0 spiro atoms. The SMILES string of the molecule is CCCC(CCC)CCC[C@@H]1COCCN1CCO. The molecule has 0 unspecified atom stereocenters. The molecule has 1 atom stereocenters. The van der Waals surface area contributed by atoms with Gasteiger partial charge in [0.1, 0.15) is 0 Å². The van der Waals surface area contributed by atoms with E-state index < -0.39 is 0 Å². The standard InChI is InChI=1S/C16H33NO2/c1-3-6-15(7-4-2)8-5-9-16-14-19-13-11-17(16)10-12-18/h15-16,18H,3-14H2,1-2H3/t16-/m1/s1. The molecule has 0 bridgehead atoms. The zero-order valence-electron chi connectivity index (χ0n) is 12.9. The van der Waals surface area contributed by atoms with Crippen molar-refractivity contribution in [1.82, 2.24) is 4.90 Å². The molecule has 0 aromatic heterocycles. The van der Waals surface area contributed by atoms with Crippen LogP contribution in [0.2, 0.25) is 0 Å². The van der Waals surface area contributed by atoms with Crippen LogP contribution in [0.1, 0.15) is 58.8 Å². The molecule has 1 saturated heterocycles. The molecule has 3 heteroatoms. The highest BCUT2D eigenvalue weighted by molar-refractivity contribution is 4.75. The number of rotatable bonds is 10. The largest absolute Gasteiger partial charge is 0.395 e. The predicted molar refractivity (Wildman–Crippen MR) is 80.4 cm³/mol. The summed E-state index contributed by atoms with van der Waals surface area (Å²) < 4.78 is 5.59. The number of β-amino-alcohol motifs (C(OH)–C–C–N with tert-alkyl or cyclic N) is 1. The Bertz CT molecular complexity index is 203. The van der Waals surface area contributed by atoms with E-state index in [1.165, 1.54) is 44.9 Å². The van der Waals surface area contributed by atoms with E-state index >= 15 is 0 Å². The van der Waals surface area contributed by atoms with Gasteiger partial charge in [0.25, 0.3) is 0 Å². The van der Waals surface area contributed by atoms with Crippen molar-refractivity contribution in [3.05, 3.63) is 0 Å². The molecule has 0 aromatic carbocycles. The van der Waals surface area contributed by atoms with E-state index in [0.717, 1.165) is 32.2 Å². The summed E-state index contributed by atoms with van der Waals surface area (Å²) in [6.07, 6.45) is 9.29. The summed E-state index contributed by atoms with van der Waals surface area (Å²) in [5.41, 5.74) is 0. The van der Waals surface area contributed by atoms with Gasteiger partial charge in [0, 0.05) is 19.1 Å². The van der Waals surface area contributed by atoms with Crippen LogP contribution in [-0.2, 0) is 4.74 Å². The molecule has 0 radical (unpaired) electrons. The molecule has 19 heavy (non-hydrogen) atoms. The summed E-state index contributed by atoms with van der Waals surface area (Å²) in [6.45, 7) is 8.32. The van der Waals surface area contributed by atoms with Gasteiger partial charge in [-0.3, -0.25) is 4.90 Å². The number of hydrogen-bond acceptors (Lipinski definition) is 3. The average molecular weight is 271 g/mol. The molecule has 3 nitrogen and oxygen atoms in total. The number of nitrogens with zero attached hydrogens (tertiary/aromatic N) is 1. The third kappa shape index (κ3) is 6.73. The van der Waals surface area contributed by atoms with Crippen LogP contribution >= 0.6 is 0 Å². The first kappa shape index (κ1) is 16.9. The van der Waals surface area contributed by atoms with E-state index in [1.807, 2.05) is 0 Å². The van der Waals surface area contributed by atoms with E-state index in [0.29, 0.717) is 6.04 Å². The van der Waals surface area contributed by atoms with Crippen molar-refractivity contribution < 1.29 is 9.84 Å². The summed E-state index contributed by atoms with van der Waals surface area (Å²) >= 11 is 0. The second-order valence-electron chi connectivity index (χ2n) is 5.86. The van der Waals surface area contributed by atoms with Crippen molar-refractivity contribution in [3.63, 3.8) is 0 Å². The van der Waals surface area contributed by atoms with E-state index in [1.54, 1.807) is 0 Å². The first-order valence-electron chi connectivity index (χ1n) is 8.24. The molecule has 0 amide bonds. The Morgan fingerprint density at radius 1 is 1.21 bits per heavy atom. The second-order valence-corrected chi connectivity index (χ2v) is 5.86. The van der Waals surface area contributed by atoms with Crippen LogP contribution in [0, 0.1) is 5.92 Å². The number of hydrogen-bond donors (Lipinski definition) is 1. The zero-order chi connectivity index (χ0) is 13.9. The average Bonchev–Trinajstić information content (AvgIpc) is 2.41. The van der Waals surface area contributed by atoms with Gasteiger partial charge in [-0.2, -0.15) is 0 Å². The number of aliphatic hydroxyl groups is 1. The van der Waals surface area contributed by atoms with E-state index in [4.69, 9.17) is 9.84 Å². The lowest BCUT2D eigenvalue weighted by Crippen LogP contribution is -2.46. The minimum atomic E-state index is 0.269. The number of ether oxygens (including phenoxy) is 1. The third-order valence-corrected chi connectivity index (χ3v) is 4.28. The molecule has 1 fully saturated rings. The smallest absolute Gasteiger partial charge is 0.0622 e. The van der Waals surface area contributed by atoms with Crippen LogP contribution in [0.15, 0.2) is 0 Å². The van der Waals surface area contributed by atoms with E-state index in [2.05, 4.69) is 18.7 Å². The van der Waals surface area contributed by atoms with Crippen molar-refractivity contribution in [1.29, 1.82) is 0 Å². The molecular weight excluding hydrogens is 238 g/mol. The Kier molecular flexibility index (Phi) is 9.48. The highest BCUT2D eigenvalue weighted by Crippen LogP contribution is 2.22. The molecular formula is C16H33NO2. The molecule has 1 heterocycles. The predicted octanol–water partition coefficient (Wildman–Crippen LogP) is 3.07. The molecule has 0 aromatic rings. The Labute approximate surface area is 119 Å². The first-order chi connectivity index (χ1) is 9.31. The lowest BCUT2D eigenvalue weighted by Gasteiger charge is -2.35. The molecule has 1 aliphatic heterocycles. The summed E-state index contributed by atoms with van der Waals surface area (Å²) in [4.78, 5) is 2.40. The molecule has 1 rings (SSSR count). The van der Waals surface area contributed by atoms with Gasteiger partial charge in [0.05, 0.1) is 19.8 Å². The van der Waals surface area contributed by atoms with Crippen molar-refractivity contribution >= 4 is 0 Å². The quantitative estimate of drug-likeness (QED) is 0.663. The van der Waals surface area contributed by atoms with Crippen molar-refractivity contribution in [3.8, 4) is 0 Å². The normalized spacial score (nSPS) is 21.2. The van der Waals surface area contributed by atoms with Crippen LogP contribution in [0.5, 0.6) is 0 Å². The molecule has 1 aliphatic rings. The fourth-order valence-corrected chi connectivity index (χ4v) is 3.27. The fourth-order valence-electron chi connectivity index (χ4n) is 3.27. The van der Waals surface area contributed by atoms with Gasteiger partial charge in [-0.05, 0) is 12.3 Å². The van der Waals surface area contributed by atoms with Gasteiger partial charge in [0.15, 0.2) is 0 Å². The Morgan fingerprint density at radius 2 is 1.95 bits per heavy atom. The molecule has 0 saturated carbocycles. The third-order valence-electron chi connectivity index (χ3n) is 4.28. The maximum absolute atomic E-state index is 9.11. The zero-order valence-corrected chi connectivity index (χ0v) is 12.9. The van der Waals surface area contributed by atoms with Crippen molar-refractivity contribution in [2.24, 2.45) is 5.92 Å². The molecule has 1 N–H and O–H groups in total. The van der Waals surface area contributed by atoms with E-state index in [-0.39, 0.29) is 6.61 Å². The van der Waals surface area contributed by atoms with Crippen LogP contribution in [-0.4, -0.2) is 49.0 Å². The summed E-state index contributed by atoms with van der Waals surface area (Å²) in [5.74, 6) is 0.922. The van der Waals surface area contributed by atoms with Gasteiger partial charge in [0.2, 0.25) is 0 Å². The van der Waals surface area contributed by atoms with Gasteiger partial charge in [-0.1, -0.05) is 52.4 Å². The number of morpholine rings is 1. The second kappa shape index (κ2) is 10.6. The van der Waals surface area contributed by atoms with Gasteiger partial charge >= 0.3 is 0 Å². The van der Waals surface area contributed by atoms with Crippen LogP contribution in [0.4, 0.5) is 0 Å². The maximum Gasteiger partial charge on any atom is 0.0622 e. The summed E-state index contributed by atoms with van der Waals surface area (Å²) in [5, 5.41) is 9.11. The van der Waals surface area contributed by atoms with Crippen molar-refractivity contribution in [2.45, 2.75) is 64.8 Å². The summed E-state index contributed by atoms with van der Waals surface area (Å²) in [7, 11) is 0. The lowest BCUT2D eigenvalue weighted by atomic mass is 9.91. The monoisotopic (exact) mass is 271 g/mol. The molecule has 0 aliphatic carbocycles. The van der Waals surface area contributed by atoms with Crippen LogP contribution in [0.25, 0.3) is 0 Å². The topological polar surface area (TPSA) is 32.7 Å². The highest BCUT2D eigenvalue weighted by Gasteiger charge is 2.22. The van der Waals surface area contributed by atoms with Gasteiger partial charge in [-0.15, -0.1) is 0 Å². The Morgan fingerprint density at radius 3 is 2.58 bits per heavy atom. The van der Waals surface area contributed by atoms with E-state index in [9.17, 15) is 0 Å². The molecule has 114 valence electrons. The van der Waals surface area contributed by atoms with Gasteiger partial charge < -0.3 is 9.84 Å². The Hall–Kier alpha value is -0.120.